The van der Waals surface area contributed by atoms with Crippen LogP contribution in [-0.4, -0.2) is 17.1 Å². The molecule has 0 unspecified atom stereocenters. The molecule has 1 aromatic carbocycles. The second-order valence-corrected chi connectivity index (χ2v) is 3.57. The maximum absolute atomic E-state index is 7.28. The average Bonchev–Trinajstić information content (AvgIpc) is 2.78. The number of nitrogens with one attached hydrogen (secondary N) is 2. The number of furan rings is 1. The zero-order valence-corrected chi connectivity index (χ0v) is 12.0. The number of rotatable bonds is 3. The quantitative estimate of drug-likeness (QED) is 0.503. The Morgan fingerprint density at radius 3 is 1.80 bits per heavy atom. The summed E-state index contributed by atoms with van der Waals surface area (Å²) < 4.78 is 5.40. The van der Waals surface area contributed by atoms with Gasteiger partial charge in [-0.25, -0.2) is 0 Å². The lowest BCUT2D eigenvalue weighted by molar-refractivity contribution is 0.571. The second kappa shape index (κ2) is 8.21. The summed E-state index contributed by atoms with van der Waals surface area (Å²) in [4.78, 5) is 0. The predicted octanol–water partition coefficient (Wildman–Crippen LogP) is 1.53. The van der Waals surface area contributed by atoms with Gasteiger partial charge < -0.3 is 21.4 Å². The topological polar surface area (TPSA) is 144 Å². The van der Waals surface area contributed by atoms with Gasteiger partial charge in [-0.1, -0.05) is 24.3 Å². The van der Waals surface area contributed by atoms with E-state index in [2.05, 4.69) is 0 Å². The molecule has 0 saturated carbocycles. The Hall–Kier alpha value is -2.02. The van der Waals surface area contributed by atoms with Gasteiger partial charge in [0, 0.05) is 11.1 Å². The first-order valence-electron chi connectivity index (χ1n) is 4.97. The van der Waals surface area contributed by atoms with Crippen molar-refractivity contribution in [1.29, 1.82) is 10.8 Å². The summed E-state index contributed by atoms with van der Waals surface area (Å²) in [6.07, 6.45) is 0. The van der Waals surface area contributed by atoms with Crippen molar-refractivity contribution in [3.63, 3.8) is 0 Å². The molecule has 0 saturated heterocycles. The molecule has 0 fully saturated rings. The first kappa shape index (κ1) is 20.3. The summed E-state index contributed by atoms with van der Waals surface area (Å²) in [5.74, 6) is 0.901. The fourth-order valence-corrected chi connectivity index (χ4v) is 1.45. The van der Waals surface area contributed by atoms with Crippen LogP contribution in [0.25, 0.3) is 11.3 Å². The second-order valence-electron chi connectivity index (χ2n) is 3.57. The number of nitrogens with two attached hydrogens (primary N) is 2. The third-order valence-corrected chi connectivity index (χ3v) is 2.35. The van der Waals surface area contributed by atoms with Gasteiger partial charge in [0.1, 0.15) is 11.6 Å². The van der Waals surface area contributed by atoms with Crippen LogP contribution in [0.5, 0.6) is 0 Å². The van der Waals surface area contributed by atoms with E-state index in [-0.39, 0.29) is 42.0 Å². The fourth-order valence-electron chi connectivity index (χ4n) is 1.45. The zero-order valence-electron chi connectivity index (χ0n) is 10.3. The van der Waals surface area contributed by atoms with E-state index in [1.807, 2.05) is 0 Å². The Morgan fingerprint density at radius 2 is 1.40 bits per heavy atom. The van der Waals surface area contributed by atoms with Crippen molar-refractivity contribution < 1.29 is 9.89 Å². The van der Waals surface area contributed by atoms with Crippen molar-refractivity contribution in [2.24, 2.45) is 11.5 Å². The maximum atomic E-state index is 7.28. The van der Waals surface area contributed by atoms with Crippen LogP contribution in [0, 0.1) is 10.8 Å². The molecule has 0 aliphatic rings. The summed E-state index contributed by atoms with van der Waals surface area (Å²) in [6, 6.07) is 10.5. The molecule has 1 heterocycles. The minimum Gasteiger partial charge on any atom is -0.453 e. The van der Waals surface area contributed by atoms with Crippen molar-refractivity contribution in [2.45, 2.75) is 0 Å². The highest BCUT2D eigenvalue weighted by atomic mass is 35.5. The molecule has 2 rings (SSSR count). The molecule has 2 aromatic rings. The van der Waals surface area contributed by atoms with Gasteiger partial charge >= 0.3 is 0 Å². The van der Waals surface area contributed by atoms with Gasteiger partial charge in [-0.3, -0.25) is 10.8 Å². The lowest BCUT2D eigenvalue weighted by atomic mass is 10.1. The van der Waals surface area contributed by atoms with Crippen LogP contribution in [-0.2, 0) is 0 Å². The summed E-state index contributed by atoms with van der Waals surface area (Å²) in [7, 11) is 0. The smallest absolute Gasteiger partial charge is 0.168 e. The Bertz CT molecular complexity index is 581. The van der Waals surface area contributed by atoms with E-state index in [1.165, 1.54) is 0 Å². The highest BCUT2D eigenvalue weighted by Crippen LogP contribution is 2.22. The van der Waals surface area contributed by atoms with Gasteiger partial charge in [-0.05, 0) is 12.1 Å². The Balaban J connectivity index is 0. The number of hydrogen-bond acceptors (Lipinski definition) is 3. The van der Waals surface area contributed by atoms with Gasteiger partial charge in [0.2, 0.25) is 0 Å². The van der Waals surface area contributed by atoms with Crippen molar-refractivity contribution in [2.75, 3.05) is 0 Å². The fraction of sp³-hybridized carbons (Fsp3) is 0. The van der Waals surface area contributed by atoms with Crippen LogP contribution in [0.2, 0.25) is 0 Å². The van der Waals surface area contributed by atoms with E-state index in [4.69, 9.17) is 26.7 Å². The molecular weight excluding hydrogens is 303 g/mol. The Kier molecular flexibility index (Phi) is 8.33. The number of benzene rings is 1. The molecule has 0 amide bonds. The number of nitrogen functional groups attached to an aromatic ring is 2. The van der Waals surface area contributed by atoms with Gasteiger partial charge in [0.15, 0.2) is 11.6 Å². The van der Waals surface area contributed by atoms with Gasteiger partial charge in [0.25, 0.3) is 0 Å². The van der Waals surface area contributed by atoms with E-state index in [0.29, 0.717) is 17.1 Å². The number of hydrogen-bond donors (Lipinski definition) is 4. The van der Waals surface area contributed by atoms with E-state index >= 15 is 0 Å². The largest absolute Gasteiger partial charge is 0.453 e. The molecule has 20 heavy (non-hydrogen) atoms. The number of halogens is 2. The molecule has 110 valence electrons. The predicted molar refractivity (Wildman–Crippen MR) is 84.3 cm³/mol. The van der Waals surface area contributed by atoms with E-state index in [1.54, 1.807) is 36.4 Å². The maximum Gasteiger partial charge on any atom is 0.168 e. The van der Waals surface area contributed by atoms with Crippen molar-refractivity contribution >= 4 is 36.5 Å². The molecule has 0 aliphatic carbocycles. The lowest BCUT2D eigenvalue weighted by Crippen LogP contribution is -2.10. The van der Waals surface area contributed by atoms with Crippen molar-refractivity contribution in [3.05, 3.63) is 47.7 Å². The molecule has 0 bridgehead atoms. The van der Waals surface area contributed by atoms with Crippen molar-refractivity contribution in [3.8, 4) is 11.3 Å². The molecular formula is C12H16Cl2N4O2. The first-order valence-corrected chi connectivity index (χ1v) is 4.97. The molecule has 0 radical (unpaired) electrons. The summed E-state index contributed by atoms with van der Waals surface area (Å²) in [5, 5.41) is 14.5. The third-order valence-electron chi connectivity index (χ3n) is 2.35. The third kappa shape index (κ3) is 4.27. The standard InChI is InChI=1S/C12H12N4O.2ClH.H2O/c13-11(14)8-3-1-7(2-4-8)9-5-6-10(17-9)12(15)16;;;/h1-6H,(H3,13,14)(H3,15,16);2*1H;1H2. The molecule has 8 heteroatoms. The van der Waals surface area contributed by atoms with Crippen LogP contribution >= 0.6 is 24.8 Å². The minimum atomic E-state index is -0.100. The SMILES string of the molecule is Cl.Cl.N=C(N)c1ccc(-c2ccc(C(=N)N)o2)cc1.O. The lowest BCUT2D eigenvalue weighted by Gasteiger charge is -2.00. The van der Waals surface area contributed by atoms with Crippen LogP contribution in [0.4, 0.5) is 0 Å². The van der Waals surface area contributed by atoms with Gasteiger partial charge in [-0.2, -0.15) is 0 Å². The Morgan fingerprint density at radius 1 is 0.850 bits per heavy atom. The molecule has 8 N–H and O–H groups in total. The van der Waals surface area contributed by atoms with Crippen LogP contribution < -0.4 is 11.5 Å². The zero-order chi connectivity index (χ0) is 12.4. The normalized spacial score (nSPS) is 8.60. The molecule has 0 atom stereocenters. The Labute approximate surface area is 128 Å². The van der Waals surface area contributed by atoms with Gasteiger partial charge in [-0.15, -0.1) is 24.8 Å². The van der Waals surface area contributed by atoms with Gasteiger partial charge in [0.05, 0.1) is 0 Å². The highest BCUT2D eigenvalue weighted by Gasteiger charge is 2.06. The molecule has 1 aromatic heterocycles. The summed E-state index contributed by atoms with van der Waals surface area (Å²) in [5.41, 5.74) is 12.2. The highest BCUT2D eigenvalue weighted by molar-refractivity contribution is 5.95. The number of amidine groups is 2. The summed E-state index contributed by atoms with van der Waals surface area (Å²) in [6.45, 7) is 0. The monoisotopic (exact) mass is 318 g/mol. The molecule has 0 spiro atoms. The minimum absolute atomic E-state index is 0. The van der Waals surface area contributed by atoms with E-state index in [9.17, 15) is 0 Å². The summed E-state index contributed by atoms with van der Waals surface area (Å²) >= 11 is 0. The average molecular weight is 319 g/mol. The van der Waals surface area contributed by atoms with Crippen LogP contribution in [0.3, 0.4) is 0 Å². The van der Waals surface area contributed by atoms with Crippen molar-refractivity contribution in [1.82, 2.24) is 0 Å². The molecule has 6 nitrogen and oxygen atoms in total. The first-order chi connectivity index (χ1) is 8.08. The van der Waals surface area contributed by atoms with E-state index in [0.717, 1.165) is 5.56 Å². The van der Waals surface area contributed by atoms with Crippen LogP contribution in [0.15, 0.2) is 40.8 Å². The van der Waals surface area contributed by atoms with E-state index < -0.39 is 0 Å². The molecule has 0 aliphatic heterocycles. The van der Waals surface area contributed by atoms with Crippen LogP contribution in [0.1, 0.15) is 11.3 Å².